The van der Waals surface area contributed by atoms with Crippen molar-refractivity contribution >= 4 is 40.7 Å². The third-order valence-corrected chi connectivity index (χ3v) is 4.70. The summed E-state index contributed by atoms with van der Waals surface area (Å²) in [6, 6.07) is 16.5. The van der Waals surface area contributed by atoms with Gasteiger partial charge in [-0.05, 0) is 36.9 Å². The molecule has 0 radical (unpaired) electrons. The highest BCUT2D eigenvalue weighted by atomic mass is 127. The van der Waals surface area contributed by atoms with E-state index in [-0.39, 0.29) is 24.0 Å². The number of rotatable bonds is 9. The first-order chi connectivity index (χ1) is 14.7. The lowest BCUT2D eigenvalue weighted by atomic mass is 10.1. The van der Waals surface area contributed by atoms with Crippen molar-refractivity contribution in [2.75, 3.05) is 26.9 Å². The molecule has 0 aliphatic carbocycles. The van der Waals surface area contributed by atoms with Crippen LogP contribution in [0.3, 0.4) is 0 Å². The number of hydrogen-bond donors (Lipinski definition) is 2. The Morgan fingerprint density at radius 2 is 1.90 bits per heavy atom. The molecule has 2 aromatic carbocycles. The number of aromatic nitrogens is 1. The molecule has 166 valence electrons. The summed E-state index contributed by atoms with van der Waals surface area (Å²) in [6.45, 7) is 7.07. The van der Waals surface area contributed by atoms with Crippen LogP contribution in [0.25, 0.3) is 10.8 Å². The number of methoxy groups -OCH3 is 1. The minimum absolute atomic E-state index is 0. The van der Waals surface area contributed by atoms with Crippen LogP contribution >= 0.6 is 24.0 Å². The fraction of sp³-hybridized carbons (Fsp3) is 0.333. The van der Waals surface area contributed by atoms with Crippen LogP contribution in [0.4, 0.5) is 0 Å². The van der Waals surface area contributed by atoms with Crippen LogP contribution < -0.4 is 15.4 Å². The summed E-state index contributed by atoms with van der Waals surface area (Å²) in [5.74, 6) is 1.60. The van der Waals surface area contributed by atoms with Gasteiger partial charge in [0.2, 0.25) is 0 Å². The molecule has 3 rings (SSSR count). The van der Waals surface area contributed by atoms with E-state index in [0.717, 1.165) is 40.5 Å². The lowest BCUT2D eigenvalue weighted by Crippen LogP contribution is -2.37. The van der Waals surface area contributed by atoms with Gasteiger partial charge in [-0.1, -0.05) is 36.4 Å². The number of aliphatic imine (C=N–C) groups is 1. The number of hydrogen-bond acceptors (Lipinski definition) is 4. The summed E-state index contributed by atoms with van der Waals surface area (Å²) >= 11 is 0. The van der Waals surface area contributed by atoms with Gasteiger partial charge >= 0.3 is 0 Å². The number of aryl methyl sites for hydroxylation is 1. The van der Waals surface area contributed by atoms with Gasteiger partial charge in [0.1, 0.15) is 12.4 Å². The van der Waals surface area contributed by atoms with Crippen LogP contribution in [-0.4, -0.2) is 37.8 Å². The summed E-state index contributed by atoms with van der Waals surface area (Å²) in [6.07, 6.45) is 1.85. The number of nitrogens with zero attached hydrogens (tertiary/aromatic N) is 2. The fourth-order valence-corrected chi connectivity index (χ4v) is 3.16. The van der Waals surface area contributed by atoms with E-state index in [1.807, 2.05) is 30.5 Å². The first-order valence-electron chi connectivity index (χ1n) is 10.3. The predicted molar refractivity (Wildman–Crippen MR) is 137 cm³/mol. The Balaban J connectivity index is 0.00000341. The van der Waals surface area contributed by atoms with Gasteiger partial charge in [0, 0.05) is 30.8 Å². The van der Waals surface area contributed by atoms with Crippen LogP contribution in [-0.2, 0) is 17.8 Å². The van der Waals surface area contributed by atoms with Crippen molar-refractivity contribution in [3.8, 4) is 5.75 Å². The molecule has 7 heteroatoms. The highest BCUT2D eigenvalue weighted by molar-refractivity contribution is 14.0. The third-order valence-electron chi connectivity index (χ3n) is 4.70. The van der Waals surface area contributed by atoms with Gasteiger partial charge in [0.05, 0.1) is 25.4 Å². The smallest absolute Gasteiger partial charge is 0.191 e. The molecule has 0 amide bonds. The molecule has 0 fully saturated rings. The average molecular weight is 534 g/mol. The zero-order valence-corrected chi connectivity index (χ0v) is 20.7. The zero-order valence-electron chi connectivity index (χ0n) is 18.4. The van der Waals surface area contributed by atoms with Gasteiger partial charge in [-0.15, -0.1) is 24.0 Å². The molecule has 0 saturated heterocycles. The van der Waals surface area contributed by atoms with Crippen molar-refractivity contribution in [3.05, 3.63) is 71.5 Å². The lowest BCUT2D eigenvalue weighted by Gasteiger charge is -2.14. The maximum absolute atomic E-state index is 5.88. The maximum Gasteiger partial charge on any atom is 0.191 e. The van der Waals surface area contributed by atoms with E-state index in [4.69, 9.17) is 14.5 Å². The molecule has 2 N–H and O–H groups in total. The predicted octanol–water partition coefficient (Wildman–Crippen LogP) is 4.44. The normalized spacial score (nSPS) is 11.1. The molecule has 3 aromatic rings. The molecular weight excluding hydrogens is 503 g/mol. The van der Waals surface area contributed by atoms with Crippen molar-refractivity contribution in [1.29, 1.82) is 0 Å². The largest absolute Gasteiger partial charge is 0.491 e. The number of fused-ring (bicyclic) bond motifs is 1. The van der Waals surface area contributed by atoms with Gasteiger partial charge in [0.15, 0.2) is 5.96 Å². The van der Waals surface area contributed by atoms with E-state index in [2.05, 4.69) is 53.7 Å². The molecule has 1 aromatic heterocycles. The van der Waals surface area contributed by atoms with Crippen LogP contribution in [0.15, 0.2) is 59.7 Å². The Kier molecular flexibility index (Phi) is 10.5. The Morgan fingerprint density at radius 3 is 2.71 bits per heavy atom. The number of halogens is 1. The quantitative estimate of drug-likeness (QED) is 0.184. The van der Waals surface area contributed by atoms with Crippen molar-refractivity contribution in [1.82, 2.24) is 15.6 Å². The van der Waals surface area contributed by atoms with Crippen LogP contribution in [0.2, 0.25) is 0 Å². The van der Waals surface area contributed by atoms with Crippen molar-refractivity contribution in [2.45, 2.75) is 26.9 Å². The number of benzene rings is 2. The van der Waals surface area contributed by atoms with Crippen molar-refractivity contribution in [2.24, 2.45) is 4.99 Å². The molecule has 0 aliphatic heterocycles. The van der Waals surface area contributed by atoms with E-state index < -0.39 is 0 Å². The zero-order chi connectivity index (χ0) is 21.2. The van der Waals surface area contributed by atoms with Crippen molar-refractivity contribution < 1.29 is 9.47 Å². The topological polar surface area (TPSA) is 67.8 Å². The number of nitrogens with one attached hydrogen (secondary N) is 2. The minimum Gasteiger partial charge on any atom is -0.491 e. The summed E-state index contributed by atoms with van der Waals surface area (Å²) in [7, 11) is 1.67. The summed E-state index contributed by atoms with van der Waals surface area (Å²) in [5.41, 5.74) is 3.19. The standard InChI is InChI=1S/C24H30N4O2.HI/c1-4-25-24(28-17-22-21-8-6-5-7-19(21)11-12-26-22)27-16-20-10-9-18(2)15-23(20)30-14-13-29-3;/h5-12,15H,4,13-14,16-17H2,1-3H3,(H2,25,27,28);1H. The van der Waals surface area contributed by atoms with Gasteiger partial charge in [-0.25, -0.2) is 4.99 Å². The lowest BCUT2D eigenvalue weighted by molar-refractivity contribution is 0.145. The van der Waals surface area contributed by atoms with E-state index in [0.29, 0.717) is 26.3 Å². The fourth-order valence-electron chi connectivity index (χ4n) is 3.16. The van der Waals surface area contributed by atoms with Gasteiger partial charge in [-0.2, -0.15) is 0 Å². The summed E-state index contributed by atoms with van der Waals surface area (Å²) < 4.78 is 11.0. The Labute approximate surface area is 201 Å². The highest BCUT2D eigenvalue weighted by Crippen LogP contribution is 2.21. The molecular formula is C24H31IN4O2. The molecule has 0 saturated carbocycles. The minimum atomic E-state index is 0. The molecule has 31 heavy (non-hydrogen) atoms. The monoisotopic (exact) mass is 534 g/mol. The SMILES string of the molecule is CCNC(=NCc1ccc(C)cc1OCCOC)NCc1nccc2ccccc12.I. The molecule has 0 unspecified atom stereocenters. The van der Waals surface area contributed by atoms with Gasteiger partial charge in [-0.3, -0.25) is 4.98 Å². The molecule has 1 heterocycles. The molecule has 0 spiro atoms. The summed E-state index contributed by atoms with van der Waals surface area (Å²) in [4.78, 5) is 9.30. The Bertz CT molecular complexity index is 989. The second-order valence-corrected chi connectivity index (χ2v) is 6.98. The first-order valence-corrected chi connectivity index (χ1v) is 10.3. The van der Waals surface area contributed by atoms with Crippen LogP contribution in [0.1, 0.15) is 23.7 Å². The Hall–Kier alpha value is -2.39. The number of guanidine groups is 1. The van der Waals surface area contributed by atoms with Crippen LogP contribution in [0.5, 0.6) is 5.75 Å². The highest BCUT2D eigenvalue weighted by Gasteiger charge is 2.07. The first kappa shape index (κ1) is 24.9. The van der Waals surface area contributed by atoms with Gasteiger partial charge < -0.3 is 20.1 Å². The van der Waals surface area contributed by atoms with Gasteiger partial charge in [0.25, 0.3) is 0 Å². The van der Waals surface area contributed by atoms with E-state index in [1.54, 1.807) is 7.11 Å². The number of ether oxygens (including phenoxy) is 2. The van der Waals surface area contributed by atoms with E-state index in [9.17, 15) is 0 Å². The second-order valence-electron chi connectivity index (χ2n) is 6.98. The molecule has 0 bridgehead atoms. The van der Waals surface area contributed by atoms with Crippen molar-refractivity contribution in [3.63, 3.8) is 0 Å². The Morgan fingerprint density at radius 1 is 1.06 bits per heavy atom. The van der Waals surface area contributed by atoms with Crippen LogP contribution in [0, 0.1) is 6.92 Å². The van der Waals surface area contributed by atoms with E-state index in [1.165, 1.54) is 5.39 Å². The average Bonchev–Trinajstić information content (AvgIpc) is 2.77. The summed E-state index contributed by atoms with van der Waals surface area (Å²) in [5, 5.41) is 9.04. The molecule has 0 atom stereocenters. The molecule has 0 aliphatic rings. The third kappa shape index (κ3) is 7.36. The number of pyridine rings is 1. The maximum atomic E-state index is 5.88. The second kappa shape index (κ2) is 13.1. The van der Waals surface area contributed by atoms with E-state index >= 15 is 0 Å². The molecule has 6 nitrogen and oxygen atoms in total.